The van der Waals surface area contributed by atoms with Crippen molar-refractivity contribution < 1.29 is 4.74 Å². The van der Waals surface area contributed by atoms with Gasteiger partial charge in [0.2, 0.25) is 5.95 Å². The van der Waals surface area contributed by atoms with E-state index in [0.717, 1.165) is 27.9 Å². The molecular weight excluding hydrogens is 316 g/mol. The lowest BCUT2D eigenvalue weighted by Crippen LogP contribution is -2.13. The number of imidazole rings is 1. The Bertz CT molecular complexity index is 1040. The van der Waals surface area contributed by atoms with Crippen LogP contribution in [-0.4, -0.2) is 37.7 Å². The summed E-state index contributed by atoms with van der Waals surface area (Å²) in [7, 11) is 1.92. The molecule has 0 radical (unpaired) electrons. The first-order chi connectivity index (χ1) is 12.2. The zero-order chi connectivity index (χ0) is 17.2. The number of aromatic nitrogens is 5. The van der Waals surface area contributed by atoms with Gasteiger partial charge >= 0.3 is 0 Å². The Morgan fingerprint density at radius 2 is 2.04 bits per heavy atom. The highest BCUT2D eigenvalue weighted by atomic mass is 16.5. The van der Waals surface area contributed by atoms with Crippen LogP contribution in [0, 0.1) is 6.92 Å². The zero-order valence-corrected chi connectivity index (χ0v) is 14.1. The Kier molecular flexibility index (Phi) is 3.89. The van der Waals surface area contributed by atoms with Crippen molar-refractivity contribution >= 4 is 28.0 Å². The van der Waals surface area contributed by atoms with Gasteiger partial charge in [0.15, 0.2) is 5.65 Å². The van der Waals surface area contributed by atoms with Gasteiger partial charge in [-0.15, -0.1) is 0 Å². The number of nitrogens with one attached hydrogen (secondary N) is 1. The minimum Gasteiger partial charge on any atom is -0.489 e. The van der Waals surface area contributed by atoms with Crippen LogP contribution >= 0.6 is 0 Å². The van der Waals surface area contributed by atoms with Crippen molar-refractivity contribution in [2.75, 3.05) is 18.5 Å². The predicted octanol–water partition coefficient (Wildman–Crippen LogP) is 2.71. The molecule has 3 heterocycles. The summed E-state index contributed by atoms with van der Waals surface area (Å²) in [6, 6.07) is 9.99. The van der Waals surface area contributed by atoms with E-state index in [1.807, 2.05) is 42.8 Å². The lowest BCUT2D eigenvalue weighted by molar-refractivity contribution is 0.336. The molecule has 0 aliphatic heterocycles. The monoisotopic (exact) mass is 334 g/mol. The van der Waals surface area contributed by atoms with Crippen LogP contribution in [-0.2, 0) is 7.05 Å². The molecular formula is C18H18N6O. The molecule has 25 heavy (non-hydrogen) atoms. The number of benzene rings is 1. The van der Waals surface area contributed by atoms with E-state index in [4.69, 9.17) is 4.74 Å². The van der Waals surface area contributed by atoms with Gasteiger partial charge in [-0.2, -0.15) is 4.98 Å². The van der Waals surface area contributed by atoms with Gasteiger partial charge in [0.1, 0.15) is 23.4 Å². The van der Waals surface area contributed by atoms with Crippen LogP contribution in [0.1, 0.15) is 5.69 Å². The van der Waals surface area contributed by atoms with Crippen LogP contribution in [0.2, 0.25) is 0 Å². The van der Waals surface area contributed by atoms with Gasteiger partial charge in [-0.25, -0.2) is 15.0 Å². The first-order valence-corrected chi connectivity index (χ1v) is 8.08. The van der Waals surface area contributed by atoms with Gasteiger partial charge in [-0.05, 0) is 19.1 Å². The molecule has 0 amide bonds. The summed E-state index contributed by atoms with van der Waals surface area (Å²) in [5.74, 6) is 1.32. The molecule has 7 nitrogen and oxygen atoms in total. The standard InChI is InChI=1S/C18H18N6O/c1-12-6-7-13-4-3-5-15(16(13)22-12)25-9-8-19-18-20-10-14-17(23-18)21-11-24(14)2/h3-7,10-11H,8-9H2,1-2H3,(H,19,20,23). The number of hydrogen-bond acceptors (Lipinski definition) is 6. The molecule has 0 bridgehead atoms. The van der Waals surface area contributed by atoms with E-state index < -0.39 is 0 Å². The summed E-state index contributed by atoms with van der Waals surface area (Å²) in [5.41, 5.74) is 3.43. The number of hydrogen-bond donors (Lipinski definition) is 1. The van der Waals surface area contributed by atoms with Crippen LogP contribution in [0.3, 0.4) is 0 Å². The van der Waals surface area contributed by atoms with E-state index in [0.29, 0.717) is 24.7 Å². The largest absolute Gasteiger partial charge is 0.489 e. The van der Waals surface area contributed by atoms with Gasteiger partial charge in [-0.1, -0.05) is 18.2 Å². The molecule has 4 aromatic rings. The maximum Gasteiger partial charge on any atom is 0.224 e. The third-order valence-electron chi connectivity index (χ3n) is 3.95. The smallest absolute Gasteiger partial charge is 0.224 e. The molecule has 0 aliphatic carbocycles. The summed E-state index contributed by atoms with van der Waals surface area (Å²) in [6.45, 7) is 3.04. The second-order valence-corrected chi connectivity index (χ2v) is 5.81. The predicted molar refractivity (Wildman–Crippen MR) is 96.8 cm³/mol. The normalized spacial score (nSPS) is 11.1. The molecule has 4 rings (SSSR count). The number of rotatable bonds is 5. The van der Waals surface area contributed by atoms with E-state index in [2.05, 4.69) is 31.3 Å². The fourth-order valence-corrected chi connectivity index (χ4v) is 2.66. The quantitative estimate of drug-likeness (QED) is 0.566. The fraction of sp³-hybridized carbons (Fsp3) is 0.222. The van der Waals surface area contributed by atoms with Crippen molar-refractivity contribution in [2.45, 2.75) is 6.92 Å². The Balaban J connectivity index is 1.41. The van der Waals surface area contributed by atoms with Gasteiger partial charge in [0, 0.05) is 18.1 Å². The van der Waals surface area contributed by atoms with Crippen LogP contribution < -0.4 is 10.1 Å². The maximum absolute atomic E-state index is 5.89. The molecule has 0 saturated heterocycles. The van der Waals surface area contributed by atoms with Crippen molar-refractivity contribution in [1.82, 2.24) is 24.5 Å². The second-order valence-electron chi connectivity index (χ2n) is 5.81. The van der Waals surface area contributed by atoms with Crippen molar-refractivity contribution in [1.29, 1.82) is 0 Å². The summed E-state index contributed by atoms with van der Waals surface area (Å²) < 4.78 is 7.77. The highest BCUT2D eigenvalue weighted by Crippen LogP contribution is 2.23. The van der Waals surface area contributed by atoms with Crippen LogP contribution in [0.5, 0.6) is 5.75 Å². The maximum atomic E-state index is 5.89. The molecule has 3 aromatic heterocycles. The highest BCUT2D eigenvalue weighted by molar-refractivity contribution is 5.84. The Morgan fingerprint density at radius 3 is 2.96 bits per heavy atom. The molecule has 7 heteroatoms. The van der Waals surface area contributed by atoms with Crippen molar-refractivity contribution in [3.05, 3.63) is 48.5 Å². The number of para-hydroxylation sites is 1. The number of nitrogens with zero attached hydrogens (tertiary/aromatic N) is 5. The third-order valence-corrected chi connectivity index (χ3v) is 3.95. The average molecular weight is 334 g/mol. The molecule has 0 fully saturated rings. The molecule has 0 atom stereocenters. The van der Waals surface area contributed by atoms with Crippen LogP contribution in [0.4, 0.5) is 5.95 Å². The molecule has 1 N–H and O–H groups in total. The van der Waals surface area contributed by atoms with E-state index in [1.54, 1.807) is 12.5 Å². The summed E-state index contributed by atoms with van der Waals surface area (Å²) in [5, 5.41) is 4.23. The molecule has 0 unspecified atom stereocenters. The zero-order valence-electron chi connectivity index (χ0n) is 14.1. The first-order valence-electron chi connectivity index (χ1n) is 8.08. The number of pyridine rings is 1. The average Bonchev–Trinajstić information content (AvgIpc) is 2.99. The van der Waals surface area contributed by atoms with Gasteiger partial charge in [-0.3, -0.25) is 0 Å². The Morgan fingerprint density at radius 1 is 1.12 bits per heavy atom. The second kappa shape index (κ2) is 6.35. The lowest BCUT2D eigenvalue weighted by Gasteiger charge is -2.10. The van der Waals surface area contributed by atoms with Crippen molar-refractivity contribution in [2.24, 2.45) is 7.05 Å². The SMILES string of the molecule is Cc1ccc2cccc(OCCNc3ncc4c(ncn4C)n3)c2n1. The molecule has 126 valence electrons. The van der Waals surface area contributed by atoms with Gasteiger partial charge in [0.25, 0.3) is 0 Å². The molecule has 1 aromatic carbocycles. The minimum absolute atomic E-state index is 0.484. The molecule has 0 saturated carbocycles. The number of fused-ring (bicyclic) bond motifs is 2. The molecule has 0 aliphatic rings. The third kappa shape index (κ3) is 3.08. The van der Waals surface area contributed by atoms with Gasteiger partial charge < -0.3 is 14.6 Å². The van der Waals surface area contributed by atoms with E-state index in [-0.39, 0.29) is 0 Å². The van der Waals surface area contributed by atoms with Crippen molar-refractivity contribution in [3.63, 3.8) is 0 Å². The van der Waals surface area contributed by atoms with E-state index in [1.165, 1.54) is 0 Å². The first kappa shape index (κ1) is 15.3. The van der Waals surface area contributed by atoms with Gasteiger partial charge in [0.05, 0.1) is 19.1 Å². The highest BCUT2D eigenvalue weighted by Gasteiger charge is 2.05. The topological polar surface area (TPSA) is 77.8 Å². The van der Waals surface area contributed by atoms with Crippen LogP contribution in [0.25, 0.3) is 22.1 Å². The Hall–Kier alpha value is -3.22. The van der Waals surface area contributed by atoms with Crippen molar-refractivity contribution in [3.8, 4) is 5.75 Å². The molecule has 0 spiro atoms. The number of ether oxygens (including phenoxy) is 1. The summed E-state index contributed by atoms with van der Waals surface area (Å²) >= 11 is 0. The summed E-state index contributed by atoms with van der Waals surface area (Å²) in [4.78, 5) is 17.5. The van der Waals surface area contributed by atoms with Crippen LogP contribution in [0.15, 0.2) is 42.9 Å². The number of anilines is 1. The summed E-state index contributed by atoms with van der Waals surface area (Å²) in [6.07, 6.45) is 3.48. The number of aryl methyl sites for hydroxylation is 2. The van der Waals surface area contributed by atoms with E-state index in [9.17, 15) is 0 Å². The Labute approximate surface area is 144 Å². The van der Waals surface area contributed by atoms with E-state index >= 15 is 0 Å². The lowest BCUT2D eigenvalue weighted by atomic mass is 10.2. The minimum atomic E-state index is 0.484. The fourth-order valence-electron chi connectivity index (χ4n) is 2.66.